The van der Waals surface area contributed by atoms with Crippen LogP contribution in [0.3, 0.4) is 0 Å². The molecule has 0 aliphatic heterocycles. The maximum atomic E-state index is 12.3. The Morgan fingerprint density at radius 2 is 1.95 bits per heavy atom. The molecular weight excluding hydrogens is 344 g/mol. The van der Waals surface area contributed by atoms with Gasteiger partial charge in [-0.15, -0.1) is 0 Å². The van der Waals surface area contributed by atoms with Crippen LogP contribution >= 0.6 is 15.9 Å². The molecule has 2 N–H and O–H groups in total. The number of nitrogens with zero attached hydrogens (tertiary/aromatic N) is 2. The number of carboxylic acids is 2. The summed E-state index contributed by atoms with van der Waals surface area (Å²) in [5, 5.41) is 18.0. The Balaban J connectivity index is 2.62. The van der Waals surface area contributed by atoms with Gasteiger partial charge >= 0.3 is 17.6 Å². The fraction of sp³-hybridized carbons (Fsp3) is 0.308. The standard InChI is InChI=1S/C13H13BrN2O5/c1-15-10-6-7(14)2-3-8(10)16(13(15)21)9(12(19)20)4-5-11(17)18/h2-3,6,9H,4-5H2,1H3,(H,17,18)(H,19,20)/t9-/m0/s1. The molecule has 1 aromatic carbocycles. The maximum absolute atomic E-state index is 12.3. The molecule has 1 aromatic heterocycles. The maximum Gasteiger partial charge on any atom is 0.329 e. The Morgan fingerprint density at radius 3 is 2.52 bits per heavy atom. The van der Waals surface area contributed by atoms with Crippen molar-refractivity contribution >= 4 is 38.9 Å². The summed E-state index contributed by atoms with van der Waals surface area (Å²) in [6.07, 6.45) is -0.476. The van der Waals surface area contributed by atoms with E-state index in [9.17, 15) is 19.5 Å². The second-order valence-corrected chi connectivity index (χ2v) is 5.55. The lowest BCUT2D eigenvalue weighted by atomic mass is 10.1. The minimum absolute atomic E-state index is 0.153. The van der Waals surface area contributed by atoms with Gasteiger partial charge < -0.3 is 10.2 Å². The number of hydrogen-bond donors (Lipinski definition) is 2. The highest BCUT2D eigenvalue weighted by atomic mass is 79.9. The summed E-state index contributed by atoms with van der Waals surface area (Å²) in [6.45, 7) is 0. The molecule has 8 heteroatoms. The lowest BCUT2D eigenvalue weighted by Crippen LogP contribution is -2.31. The zero-order valence-corrected chi connectivity index (χ0v) is 12.7. The number of imidazole rings is 1. The van der Waals surface area contributed by atoms with E-state index in [1.165, 1.54) is 4.57 Å². The van der Waals surface area contributed by atoms with Crippen molar-refractivity contribution in [3.8, 4) is 0 Å². The molecule has 1 heterocycles. The fourth-order valence-corrected chi connectivity index (χ4v) is 2.61. The predicted octanol–water partition coefficient (Wildman–Crippen LogP) is 1.59. The summed E-state index contributed by atoms with van der Waals surface area (Å²) in [6, 6.07) is 3.84. The number of aryl methyl sites for hydroxylation is 1. The summed E-state index contributed by atoms with van der Waals surface area (Å²) >= 11 is 3.30. The second-order valence-electron chi connectivity index (χ2n) is 4.63. The molecule has 2 aromatic rings. The summed E-state index contributed by atoms with van der Waals surface area (Å²) in [5.41, 5.74) is 0.556. The summed E-state index contributed by atoms with van der Waals surface area (Å²) < 4.78 is 3.24. The zero-order valence-electron chi connectivity index (χ0n) is 11.1. The molecule has 2 rings (SSSR count). The first kappa shape index (κ1) is 15.3. The van der Waals surface area contributed by atoms with Gasteiger partial charge in [-0.2, -0.15) is 0 Å². The largest absolute Gasteiger partial charge is 0.481 e. The van der Waals surface area contributed by atoms with Crippen LogP contribution in [0.5, 0.6) is 0 Å². The first-order chi connectivity index (χ1) is 9.82. The number of rotatable bonds is 5. The molecule has 0 saturated carbocycles. The molecule has 0 unspecified atom stereocenters. The van der Waals surface area contributed by atoms with Crippen LogP contribution in [0.15, 0.2) is 27.5 Å². The van der Waals surface area contributed by atoms with Gasteiger partial charge in [0.05, 0.1) is 11.0 Å². The van der Waals surface area contributed by atoms with Gasteiger partial charge in [-0.3, -0.25) is 13.9 Å². The fourth-order valence-electron chi connectivity index (χ4n) is 2.26. The van der Waals surface area contributed by atoms with Crippen LogP contribution in [0, 0.1) is 0 Å². The van der Waals surface area contributed by atoms with E-state index >= 15 is 0 Å². The van der Waals surface area contributed by atoms with Crippen LogP contribution in [0.25, 0.3) is 11.0 Å². The number of carbonyl (C=O) groups is 2. The van der Waals surface area contributed by atoms with E-state index in [0.717, 1.165) is 9.04 Å². The lowest BCUT2D eigenvalue weighted by molar-refractivity contribution is -0.142. The predicted molar refractivity (Wildman–Crippen MR) is 78.4 cm³/mol. The number of fused-ring (bicyclic) bond motifs is 1. The average molecular weight is 357 g/mol. The minimum Gasteiger partial charge on any atom is -0.481 e. The Labute approximate surface area is 127 Å². The molecule has 1 atom stereocenters. The molecular formula is C13H13BrN2O5. The van der Waals surface area contributed by atoms with Crippen molar-refractivity contribution in [3.05, 3.63) is 33.2 Å². The minimum atomic E-state index is -1.23. The average Bonchev–Trinajstić information content (AvgIpc) is 2.63. The van der Waals surface area contributed by atoms with Crippen LogP contribution in [-0.2, 0) is 16.6 Å². The highest BCUT2D eigenvalue weighted by Crippen LogP contribution is 2.23. The third kappa shape index (κ3) is 2.85. The molecule has 7 nitrogen and oxygen atoms in total. The summed E-state index contributed by atoms with van der Waals surface area (Å²) in [5.74, 6) is -2.33. The number of carboxylic acid groups (broad SMARTS) is 2. The summed E-state index contributed by atoms with van der Waals surface area (Å²) in [4.78, 5) is 34.4. The zero-order chi connectivity index (χ0) is 15.7. The third-order valence-electron chi connectivity index (χ3n) is 3.28. The van der Waals surface area contributed by atoms with E-state index in [4.69, 9.17) is 5.11 Å². The quantitative estimate of drug-likeness (QED) is 0.846. The van der Waals surface area contributed by atoms with Gasteiger partial charge in [-0.1, -0.05) is 15.9 Å². The van der Waals surface area contributed by atoms with E-state index < -0.39 is 23.7 Å². The first-order valence-electron chi connectivity index (χ1n) is 6.14. The van der Waals surface area contributed by atoms with Gasteiger partial charge in [0.2, 0.25) is 0 Å². The van der Waals surface area contributed by atoms with Crippen molar-refractivity contribution in [2.75, 3.05) is 0 Å². The number of aromatic nitrogens is 2. The van der Waals surface area contributed by atoms with Crippen LogP contribution in [0.1, 0.15) is 18.9 Å². The van der Waals surface area contributed by atoms with Crippen LogP contribution in [0.4, 0.5) is 0 Å². The Bertz CT molecular complexity index is 777. The molecule has 0 radical (unpaired) electrons. The van der Waals surface area contributed by atoms with E-state index in [1.54, 1.807) is 25.2 Å². The molecule has 0 saturated heterocycles. The van der Waals surface area contributed by atoms with Gasteiger partial charge in [-0.05, 0) is 24.6 Å². The molecule has 0 fully saturated rings. The number of aliphatic carboxylic acids is 2. The second kappa shape index (κ2) is 5.72. The molecule has 0 aliphatic rings. The highest BCUT2D eigenvalue weighted by molar-refractivity contribution is 9.10. The molecule has 0 amide bonds. The topological polar surface area (TPSA) is 102 Å². The lowest BCUT2D eigenvalue weighted by Gasteiger charge is -2.13. The van der Waals surface area contributed by atoms with E-state index in [0.29, 0.717) is 11.0 Å². The Morgan fingerprint density at radius 1 is 1.29 bits per heavy atom. The summed E-state index contributed by atoms with van der Waals surface area (Å²) in [7, 11) is 1.55. The van der Waals surface area contributed by atoms with E-state index in [1.807, 2.05) is 0 Å². The van der Waals surface area contributed by atoms with Crippen molar-refractivity contribution in [2.45, 2.75) is 18.9 Å². The molecule has 0 spiro atoms. The van der Waals surface area contributed by atoms with Crippen LogP contribution in [0.2, 0.25) is 0 Å². The monoisotopic (exact) mass is 356 g/mol. The SMILES string of the molecule is Cn1c(=O)n([C@@H](CCC(=O)O)C(=O)O)c2ccc(Br)cc21. The van der Waals surface area contributed by atoms with E-state index in [2.05, 4.69) is 15.9 Å². The van der Waals surface area contributed by atoms with Crippen LogP contribution < -0.4 is 5.69 Å². The smallest absolute Gasteiger partial charge is 0.329 e. The van der Waals surface area contributed by atoms with Gasteiger partial charge in [0.15, 0.2) is 0 Å². The van der Waals surface area contributed by atoms with Gasteiger partial charge in [0.25, 0.3) is 0 Å². The molecule has 0 aliphatic carbocycles. The first-order valence-corrected chi connectivity index (χ1v) is 6.93. The Kier molecular flexibility index (Phi) is 4.17. The molecule has 0 bridgehead atoms. The van der Waals surface area contributed by atoms with E-state index in [-0.39, 0.29) is 12.8 Å². The van der Waals surface area contributed by atoms with Gasteiger partial charge in [0, 0.05) is 17.9 Å². The van der Waals surface area contributed by atoms with Crippen molar-refractivity contribution in [1.82, 2.24) is 9.13 Å². The van der Waals surface area contributed by atoms with Crippen molar-refractivity contribution in [3.63, 3.8) is 0 Å². The number of benzene rings is 1. The number of halogens is 1. The third-order valence-corrected chi connectivity index (χ3v) is 3.77. The normalized spacial score (nSPS) is 12.5. The van der Waals surface area contributed by atoms with Crippen molar-refractivity contribution in [1.29, 1.82) is 0 Å². The molecule has 112 valence electrons. The highest BCUT2D eigenvalue weighted by Gasteiger charge is 2.26. The molecule has 21 heavy (non-hydrogen) atoms. The van der Waals surface area contributed by atoms with Crippen LogP contribution in [-0.4, -0.2) is 31.3 Å². The van der Waals surface area contributed by atoms with Gasteiger partial charge in [0.1, 0.15) is 6.04 Å². The number of hydrogen-bond acceptors (Lipinski definition) is 3. The van der Waals surface area contributed by atoms with Crippen molar-refractivity contribution < 1.29 is 19.8 Å². The Hall–Kier alpha value is -2.09. The van der Waals surface area contributed by atoms with Crippen molar-refractivity contribution in [2.24, 2.45) is 7.05 Å². The van der Waals surface area contributed by atoms with Gasteiger partial charge in [-0.25, -0.2) is 9.59 Å².